The van der Waals surface area contributed by atoms with Crippen LogP contribution in [0.25, 0.3) is 0 Å². The van der Waals surface area contributed by atoms with Crippen LogP contribution in [0.3, 0.4) is 0 Å². The van der Waals surface area contributed by atoms with Gasteiger partial charge in [-0.3, -0.25) is 0 Å². The maximum absolute atomic E-state index is 2.45. The van der Waals surface area contributed by atoms with E-state index in [0.717, 1.165) is 0 Å². The summed E-state index contributed by atoms with van der Waals surface area (Å²) in [6, 6.07) is 26.3. The van der Waals surface area contributed by atoms with Crippen LogP contribution in [0.15, 0.2) is 78.2 Å². The molecule has 1 aromatic heterocycles. The molecule has 0 atom stereocenters. The fourth-order valence-electron chi connectivity index (χ4n) is 2.56. The van der Waals surface area contributed by atoms with Crippen LogP contribution in [-0.2, 0) is 0 Å². The van der Waals surface area contributed by atoms with Gasteiger partial charge in [0, 0.05) is 4.50 Å². The molecule has 0 unspecified atom stereocenters. The maximum Gasteiger partial charge on any atom is 0.157 e. The Bertz CT molecular complexity index is 590. The molecule has 0 fully saturated rings. The zero-order valence-corrected chi connectivity index (χ0v) is 12.7. The minimum absolute atomic E-state index is 1.48. The Labute approximate surface area is 119 Å². The van der Waals surface area contributed by atoms with Crippen molar-refractivity contribution in [1.29, 1.82) is 0 Å². The summed E-state index contributed by atoms with van der Waals surface area (Å²) in [6.45, 7) is 2.45. The zero-order valence-electron chi connectivity index (χ0n) is 10.9. The molecule has 2 aromatic carbocycles. The minimum Gasteiger partial charge on any atom is -0.153 e. The van der Waals surface area contributed by atoms with Gasteiger partial charge in [-0.15, -0.1) is 0 Å². The third kappa shape index (κ3) is 2.18. The molecule has 0 aliphatic heterocycles. The molecule has 0 aliphatic rings. The summed E-state index contributed by atoms with van der Waals surface area (Å²) in [4.78, 5) is 0. The van der Waals surface area contributed by atoms with Crippen LogP contribution in [0.4, 0.5) is 0 Å². The van der Waals surface area contributed by atoms with Crippen molar-refractivity contribution in [2.45, 2.75) is 6.55 Å². The Hall–Kier alpha value is -1.64. The Morgan fingerprint density at radius 2 is 1.21 bits per heavy atom. The number of hydrogen-bond donors (Lipinski definition) is 0. The van der Waals surface area contributed by atoms with Gasteiger partial charge in [0.1, 0.15) is 0 Å². The first-order chi connectivity index (χ1) is 9.32. The van der Waals surface area contributed by atoms with Gasteiger partial charge in [-0.1, -0.05) is 79.3 Å². The fraction of sp³-hybridized carbons (Fsp3) is 0.0588. The lowest BCUT2D eigenvalue weighted by Crippen LogP contribution is -2.63. The highest BCUT2D eigenvalue weighted by atomic mass is 32.1. The van der Waals surface area contributed by atoms with Crippen molar-refractivity contribution < 1.29 is 0 Å². The van der Waals surface area contributed by atoms with E-state index in [0.29, 0.717) is 0 Å². The predicted molar refractivity (Wildman–Crippen MR) is 87.7 cm³/mol. The molecule has 0 bridgehead atoms. The standard InChI is InChI=1S/C17H16SSi/c1-19(17-13-8-14-18-17,15-9-4-2-5-10-15)16-11-6-3-7-12-16/h2-14H,1H3. The first-order valence-corrected chi connectivity index (χ1v) is 9.85. The van der Waals surface area contributed by atoms with Crippen LogP contribution >= 0.6 is 11.3 Å². The molecule has 0 spiro atoms. The number of thiophene rings is 1. The van der Waals surface area contributed by atoms with Crippen molar-refractivity contribution in [3.8, 4) is 0 Å². The van der Waals surface area contributed by atoms with Crippen LogP contribution < -0.4 is 14.9 Å². The summed E-state index contributed by atoms with van der Waals surface area (Å²) in [5.74, 6) is 0. The van der Waals surface area contributed by atoms with Crippen LogP contribution in [-0.4, -0.2) is 8.07 Å². The van der Waals surface area contributed by atoms with E-state index in [4.69, 9.17) is 0 Å². The highest BCUT2D eigenvalue weighted by Crippen LogP contribution is 2.10. The molecular formula is C17H16SSi. The minimum atomic E-state index is -1.81. The molecule has 0 nitrogen and oxygen atoms in total. The highest BCUT2D eigenvalue weighted by Gasteiger charge is 2.34. The zero-order chi connectivity index (χ0) is 13.1. The molecule has 19 heavy (non-hydrogen) atoms. The second-order valence-electron chi connectivity index (χ2n) is 4.83. The largest absolute Gasteiger partial charge is 0.157 e. The van der Waals surface area contributed by atoms with Crippen LogP contribution in [0.5, 0.6) is 0 Å². The molecule has 0 aliphatic carbocycles. The van der Waals surface area contributed by atoms with E-state index >= 15 is 0 Å². The van der Waals surface area contributed by atoms with Gasteiger partial charge >= 0.3 is 0 Å². The van der Waals surface area contributed by atoms with E-state index < -0.39 is 8.07 Å². The fourth-order valence-corrected chi connectivity index (χ4v) is 7.92. The SMILES string of the molecule is C[Si](c1ccccc1)(c1ccccc1)c1cccs1. The average Bonchev–Trinajstić information content (AvgIpc) is 3.03. The Kier molecular flexibility index (Phi) is 3.36. The van der Waals surface area contributed by atoms with E-state index in [9.17, 15) is 0 Å². The van der Waals surface area contributed by atoms with Gasteiger partial charge < -0.3 is 0 Å². The number of hydrogen-bond acceptors (Lipinski definition) is 1. The molecule has 3 aromatic rings. The van der Waals surface area contributed by atoms with Crippen molar-refractivity contribution in [2.24, 2.45) is 0 Å². The molecular weight excluding hydrogens is 264 g/mol. The molecule has 94 valence electrons. The van der Waals surface area contributed by atoms with Crippen molar-refractivity contribution in [1.82, 2.24) is 0 Å². The van der Waals surface area contributed by atoms with Gasteiger partial charge in [0.05, 0.1) is 0 Å². The Morgan fingerprint density at radius 1 is 0.684 bits per heavy atom. The Morgan fingerprint density at radius 3 is 1.63 bits per heavy atom. The van der Waals surface area contributed by atoms with E-state index in [1.54, 1.807) is 0 Å². The molecule has 2 heteroatoms. The van der Waals surface area contributed by atoms with Crippen molar-refractivity contribution in [3.63, 3.8) is 0 Å². The first kappa shape index (κ1) is 12.4. The van der Waals surface area contributed by atoms with Crippen molar-refractivity contribution in [3.05, 3.63) is 78.2 Å². The van der Waals surface area contributed by atoms with E-state index in [1.165, 1.54) is 14.9 Å². The average molecular weight is 280 g/mol. The molecule has 1 heterocycles. The van der Waals surface area contributed by atoms with Crippen molar-refractivity contribution >= 4 is 34.3 Å². The van der Waals surface area contributed by atoms with Gasteiger partial charge in [-0.05, 0) is 15.8 Å². The monoisotopic (exact) mass is 280 g/mol. The normalized spacial score (nSPS) is 11.4. The molecule has 3 rings (SSSR count). The summed E-state index contributed by atoms with van der Waals surface area (Å²) in [5, 5.41) is 5.14. The molecule has 0 radical (unpaired) electrons. The second kappa shape index (κ2) is 5.15. The smallest absolute Gasteiger partial charge is 0.153 e. The predicted octanol–water partition coefficient (Wildman–Crippen LogP) is 2.85. The van der Waals surface area contributed by atoms with Crippen molar-refractivity contribution in [2.75, 3.05) is 0 Å². The highest BCUT2D eigenvalue weighted by molar-refractivity contribution is 7.31. The Balaban J connectivity index is 2.23. The van der Waals surface area contributed by atoms with Gasteiger partial charge in [-0.25, -0.2) is 0 Å². The van der Waals surface area contributed by atoms with E-state index in [-0.39, 0.29) is 0 Å². The maximum atomic E-state index is 2.45. The van der Waals surface area contributed by atoms with E-state index in [1.807, 2.05) is 11.3 Å². The van der Waals surface area contributed by atoms with Gasteiger partial charge in [0.15, 0.2) is 8.07 Å². The van der Waals surface area contributed by atoms with Crippen LogP contribution in [0.1, 0.15) is 0 Å². The quantitative estimate of drug-likeness (QED) is 0.647. The van der Waals surface area contributed by atoms with Gasteiger partial charge in [-0.2, -0.15) is 11.3 Å². The lowest BCUT2D eigenvalue weighted by atomic mass is 10.4. The molecule has 0 saturated heterocycles. The first-order valence-electron chi connectivity index (χ1n) is 6.47. The number of rotatable bonds is 3. The topological polar surface area (TPSA) is 0 Å². The summed E-state index contributed by atoms with van der Waals surface area (Å²) < 4.78 is 1.52. The summed E-state index contributed by atoms with van der Waals surface area (Å²) in [5.41, 5.74) is 0. The van der Waals surface area contributed by atoms with Crippen LogP contribution in [0, 0.1) is 0 Å². The molecule has 0 saturated carbocycles. The third-order valence-electron chi connectivity index (χ3n) is 3.72. The van der Waals surface area contributed by atoms with E-state index in [2.05, 4.69) is 84.7 Å². The third-order valence-corrected chi connectivity index (χ3v) is 10.1. The summed E-state index contributed by atoms with van der Waals surface area (Å²) in [6.07, 6.45) is 0. The summed E-state index contributed by atoms with van der Waals surface area (Å²) >= 11 is 1.88. The second-order valence-corrected chi connectivity index (χ2v) is 10.1. The number of benzene rings is 2. The summed E-state index contributed by atoms with van der Waals surface area (Å²) in [7, 11) is -1.81. The van der Waals surface area contributed by atoms with Crippen LogP contribution in [0.2, 0.25) is 6.55 Å². The lowest BCUT2D eigenvalue weighted by Gasteiger charge is -2.27. The molecule has 0 N–H and O–H groups in total. The van der Waals surface area contributed by atoms with Gasteiger partial charge in [0.2, 0.25) is 0 Å². The molecule has 0 amide bonds. The lowest BCUT2D eigenvalue weighted by molar-refractivity contribution is 1.70. The van der Waals surface area contributed by atoms with Gasteiger partial charge in [0.25, 0.3) is 0 Å².